The molecule has 2 aromatic rings. The van der Waals surface area contributed by atoms with E-state index in [9.17, 15) is 15.4 Å². The van der Waals surface area contributed by atoms with E-state index in [1.54, 1.807) is 6.07 Å². The zero-order valence-electron chi connectivity index (χ0n) is 13.4. The van der Waals surface area contributed by atoms with Crippen LogP contribution >= 0.6 is 0 Å². The third-order valence-corrected chi connectivity index (χ3v) is 4.04. The van der Waals surface area contributed by atoms with Gasteiger partial charge in [0, 0.05) is 24.1 Å². The number of ether oxygens (including phenoxy) is 1. The van der Waals surface area contributed by atoms with Crippen molar-refractivity contribution in [1.29, 1.82) is 5.26 Å². The van der Waals surface area contributed by atoms with Gasteiger partial charge in [-0.2, -0.15) is 5.26 Å². The number of benzene rings is 2. The number of rotatable bonds is 3. The Bertz CT molecular complexity index is 840. The molecule has 6 nitrogen and oxygen atoms in total. The lowest BCUT2D eigenvalue weighted by Gasteiger charge is -2.38. The Morgan fingerprint density at radius 3 is 2.79 bits per heavy atom. The van der Waals surface area contributed by atoms with Crippen molar-refractivity contribution in [3.05, 3.63) is 63.7 Å². The molecule has 6 heteroatoms. The van der Waals surface area contributed by atoms with Crippen LogP contribution in [0, 0.1) is 21.4 Å². The van der Waals surface area contributed by atoms with Gasteiger partial charge in [-0.25, -0.2) is 0 Å². The van der Waals surface area contributed by atoms with Crippen LogP contribution in [0.15, 0.2) is 42.5 Å². The summed E-state index contributed by atoms with van der Waals surface area (Å²) in [6.07, 6.45) is 0.714. The van der Waals surface area contributed by atoms with E-state index in [2.05, 4.69) is 5.32 Å². The molecule has 0 bridgehead atoms. The summed E-state index contributed by atoms with van der Waals surface area (Å²) in [6.45, 7) is 4.03. The van der Waals surface area contributed by atoms with Gasteiger partial charge in [0.15, 0.2) is 0 Å². The summed E-state index contributed by atoms with van der Waals surface area (Å²) in [4.78, 5) is 10.4. The van der Waals surface area contributed by atoms with Crippen molar-refractivity contribution in [2.45, 2.75) is 31.9 Å². The fourth-order valence-electron chi connectivity index (χ4n) is 2.98. The Kier molecular flexibility index (Phi) is 3.86. The molecule has 1 aliphatic rings. The minimum Gasteiger partial charge on any atom is -0.487 e. The number of para-hydroxylation sites is 1. The van der Waals surface area contributed by atoms with Crippen molar-refractivity contribution in [3.63, 3.8) is 0 Å². The number of hydrogen-bond acceptors (Lipinski definition) is 5. The quantitative estimate of drug-likeness (QED) is 0.676. The topological polar surface area (TPSA) is 88.2 Å². The molecule has 0 saturated heterocycles. The van der Waals surface area contributed by atoms with Crippen LogP contribution in [-0.2, 0) is 0 Å². The van der Waals surface area contributed by atoms with Gasteiger partial charge in [-0.05, 0) is 26.0 Å². The van der Waals surface area contributed by atoms with Crippen molar-refractivity contribution in [2.75, 3.05) is 5.32 Å². The summed E-state index contributed by atoms with van der Waals surface area (Å²) in [6, 6.07) is 14.0. The first-order valence-corrected chi connectivity index (χ1v) is 7.63. The Hall–Kier alpha value is -3.07. The average Bonchev–Trinajstić information content (AvgIpc) is 2.54. The summed E-state index contributed by atoms with van der Waals surface area (Å²) in [5.41, 5.74) is 1.41. The van der Waals surface area contributed by atoms with Gasteiger partial charge in [0.05, 0.1) is 22.2 Å². The van der Waals surface area contributed by atoms with Gasteiger partial charge < -0.3 is 10.1 Å². The van der Waals surface area contributed by atoms with Crippen molar-refractivity contribution in [1.82, 2.24) is 0 Å². The summed E-state index contributed by atoms with van der Waals surface area (Å²) in [5.74, 6) is 0.812. The fourth-order valence-corrected chi connectivity index (χ4v) is 2.98. The molecule has 3 rings (SSSR count). The van der Waals surface area contributed by atoms with Gasteiger partial charge in [-0.1, -0.05) is 18.2 Å². The third kappa shape index (κ3) is 3.01. The minimum absolute atomic E-state index is 0.0430. The second-order valence-electron chi connectivity index (χ2n) is 6.40. The molecular weight excluding hydrogens is 306 g/mol. The molecule has 0 aliphatic carbocycles. The molecule has 1 heterocycles. The Labute approximate surface area is 139 Å². The molecule has 0 amide bonds. The number of fused-ring (bicyclic) bond motifs is 1. The number of hydrogen-bond donors (Lipinski definition) is 1. The Balaban J connectivity index is 1.97. The van der Waals surface area contributed by atoms with E-state index in [1.165, 1.54) is 12.1 Å². The Morgan fingerprint density at radius 2 is 2.08 bits per heavy atom. The molecule has 24 heavy (non-hydrogen) atoms. The fraction of sp³-hybridized carbons (Fsp3) is 0.278. The predicted octanol–water partition coefficient (Wildman–Crippen LogP) is 4.18. The molecule has 1 aliphatic heterocycles. The van der Waals surface area contributed by atoms with Crippen LogP contribution in [0.5, 0.6) is 5.75 Å². The molecule has 0 fully saturated rings. The third-order valence-electron chi connectivity index (χ3n) is 4.04. The second-order valence-corrected chi connectivity index (χ2v) is 6.40. The highest BCUT2D eigenvalue weighted by Crippen LogP contribution is 2.41. The van der Waals surface area contributed by atoms with Gasteiger partial charge in [0.2, 0.25) is 0 Å². The number of nitro groups is 1. The molecule has 0 radical (unpaired) electrons. The zero-order valence-corrected chi connectivity index (χ0v) is 13.4. The standard InChI is InChI=1S/C18H17N3O3/c1-18(2)10-16(14-5-3-4-6-17(14)24-18)20-15-8-7-13(21(22)23)9-12(15)11-19/h3-9,16,20H,10H2,1-2H3. The van der Waals surface area contributed by atoms with Gasteiger partial charge in [-0.3, -0.25) is 10.1 Å². The van der Waals surface area contributed by atoms with E-state index in [1.807, 2.05) is 44.2 Å². The van der Waals surface area contributed by atoms with Crippen LogP contribution in [0.3, 0.4) is 0 Å². The van der Waals surface area contributed by atoms with Gasteiger partial charge in [0.25, 0.3) is 5.69 Å². The lowest BCUT2D eigenvalue weighted by atomic mass is 9.89. The van der Waals surface area contributed by atoms with Crippen molar-refractivity contribution >= 4 is 11.4 Å². The maximum atomic E-state index is 10.9. The molecule has 1 unspecified atom stereocenters. The highest BCUT2D eigenvalue weighted by Gasteiger charge is 2.33. The van der Waals surface area contributed by atoms with E-state index in [-0.39, 0.29) is 22.9 Å². The highest BCUT2D eigenvalue weighted by molar-refractivity contribution is 5.62. The molecule has 1 atom stereocenters. The van der Waals surface area contributed by atoms with Crippen LogP contribution in [0.25, 0.3) is 0 Å². The van der Waals surface area contributed by atoms with E-state index in [0.717, 1.165) is 11.3 Å². The summed E-state index contributed by atoms with van der Waals surface area (Å²) in [7, 11) is 0. The highest BCUT2D eigenvalue weighted by atomic mass is 16.6. The molecular formula is C18H17N3O3. The number of nitriles is 1. The minimum atomic E-state index is -0.502. The SMILES string of the molecule is CC1(C)CC(Nc2ccc([N+](=O)[O-])cc2C#N)c2ccccc2O1. The van der Waals surface area contributed by atoms with Crippen LogP contribution < -0.4 is 10.1 Å². The normalized spacial score (nSPS) is 18.0. The van der Waals surface area contributed by atoms with Crippen LogP contribution in [0.4, 0.5) is 11.4 Å². The van der Waals surface area contributed by atoms with Crippen LogP contribution in [-0.4, -0.2) is 10.5 Å². The van der Waals surface area contributed by atoms with Crippen molar-refractivity contribution < 1.29 is 9.66 Å². The summed E-state index contributed by atoms with van der Waals surface area (Å²) < 4.78 is 6.00. The maximum absolute atomic E-state index is 10.9. The second kappa shape index (κ2) is 5.85. The smallest absolute Gasteiger partial charge is 0.270 e. The van der Waals surface area contributed by atoms with Crippen LogP contribution in [0.2, 0.25) is 0 Å². The zero-order chi connectivity index (χ0) is 17.3. The average molecular weight is 323 g/mol. The molecule has 1 N–H and O–H groups in total. The van der Waals surface area contributed by atoms with Crippen LogP contribution in [0.1, 0.15) is 37.4 Å². The maximum Gasteiger partial charge on any atom is 0.270 e. The van der Waals surface area contributed by atoms with E-state index >= 15 is 0 Å². The van der Waals surface area contributed by atoms with Crippen molar-refractivity contribution in [2.24, 2.45) is 0 Å². The number of nitrogens with zero attached hydrogens (tertiary/aromatic N) is 2. The number of nitro benzene ring substituents is 1. The Morgan fingerprint density at radius 1 is 1.33 bits per heavy atom. The van der Waals surface area contributed by atoms with Crippen molar-refractivity contribution in [3.8, 4) is 11.8 Å². The first-order chi connectivity index (χ1) is 11.4. The molecule has 122 valence electrons. The lowest BCUT2D eigenvalue weighted by molar-refractivity contribution is -0.384. The van der Waals surface area contributed by atoms with Gasteiger partial charge >= 0.3 is 0 Å². The molecule has 2 aromatic carbocycles. The number of non-ortho nitro benzene ring substituents is 1. The predicted molar refractivity (Wildman–Crippen MR) is 89.9 cm³/mol. The lowest BCUT2D eigenvalue weighted by Crippen LogP contribution is -2.37. The molecule has 0 spiro atoms. The summed E-state index contributed by atoms with van der Waals surface area (Å²) in [5, 5.41) is 23.5. The first kappa shape index (κ1) is 15.8. The number of anilines is 1. The van der Waals surface area contributed by atoms with E-state index in [0.29, 0.717) is 12.1 Å². The van der Waals surface area contributed by atoms with E-state index < -0.39 is 4.92 Å². The van der Waals surface area contributed by atoms with Gasteiger partial charge in [0.1, 0.15) is 17.4 Å². The number of nitrogens with one attached hydrogen (secondary N) is 1. The van der Waals surface area contributed by atoms with Gasteiger partial charge in [-0.15, -0.1) is 0 Å². The summed E-state index contributed by atoms with van der Waals surface area (Å²) >= 11 is 0. The van der Waals surface area contributed by atoms with E-state index in [4.69, 9.17) is 4.74 Å². The molecule has 0 saturated carbocycles. The first-order valence-electron chi connectivity index (χ1n) is 7.63. The largest absolute Gasteiger partial charge is 0.487 e. The molecule has 0 aromatic heterocycles. The monoisotopic (exact) mass is 323 g/mol.